The number of amides is 1. The standard InChI is InChI=1S/C21H17Cl2F2N5O7S/c1-29-8-9(4-16(29)32)28-38(35,36)15-7-11(2-3-14(15)31)37-18-12(22)5-10(6-13(18)23)30-21(34)26-20(33)17(27-30)19(24)25/h2-3,5-7,9,19,28,31H,4,8H2,1H3,(H,26,33,34)/t9-/m0/s1. The van der Waals surface area contributed by atoms with Gasteiger partial charge < -0.3 is 14.7 Å². The monoisotopic (exact) mass is 591 g/mol. The van der Waals surface area contributed by atoms with Gasteiger partial charge in [0, 0.05) is 32.1 Å². The lowest BCUT2D eigenvalue weighted by molar-refractivity contribution is -0.126. The van der Waals surface area contributed by atoms with Crippen LogP contribution in [0.4, 0.5) is 8.78 Å². The molecular weight excluding hydrogens is 575 g/mol. The smallest absolute Gasteiger partial charge is 0.349 e. The van der Waals surface area contributed by atoms with E-state index in [2.05, 4.69) is 9.82 Å². The molecule has 0 spiro atoms. The van der Waals surface area contributed by atoms with E-state index in [1.807, 2.05) is 0 Å². The molecule has 1 saturated heterocycles. The number of halogens is 4. The van der Waals surface area contributed by atoms with Gasteiger partial charge in [-0.3, -0.25) is 14.6 Å². The number of carbonyl (C=O) groups excluding carboxylic acids is 1. The number of H-pyrrole nitrogens is 1. The summed E-state index contributed by atoms with van der Waals surface area (Å²) < 4.78 is 60.3. The number of aromatic hydroxyl groups is 1. The van der Waals surface area contributed by atoms with E-state index in [0.717, 1.165) is 24.3 Å². The first-order chi connectivity index (χ1) is 17.8. The van der Waals surface area contributed by atoms with E-state index in [9.17, 15) is 36.7 Å². The molecule has 202 valence electrons. The van der Waals surface area contributed by atoms with Crippen LogP contribution in [-0.4, -0.2) is 58.7 Å². The Morgan fingerprint density at radius 3 is 2.42 bits per heavy atom. The molecule has 0 radical (unpaired) electrons. The lowest BCUT2D eigenvalue weighted by Gasteiger charge is -2.16. The summed E-state index contributed by atoms with van der Waals surface area (Å²) in [7, 11) is -2.75. The molecule has 1 fully saturated rings. The van der Waals surface area contributed by atoms with Crippen LogP contribution in [0, 0.1) is 0 Å². The van der Waals surface area contributed by atoms with Crippen molar-refractivity contribution in [2.75, 3.05) is 13.6 Å². The number of likely N-dealkylation sites (N-methyl/N-ethyl adjacent to an activating group) is 1. The van der Waals surface area contributed by atoms with Crippen LogP contribution in [0.15, 0.2) is 44.8 Å². The minimum atomic E-state index is -4.28. The Hall–Kier alpha value is -3.53. The van der Waals surface area contributed by atoms with Crippen LogP contribution < -0.4 is 20.7 Å². The number of ether oxygens (including phenoxy) is 1. The van der Waals surface area contributed by atoms with Crippen LogP contribution in [0.3, 0.4) is 0 Å². The van der Waals surface area contributed by atoms with Crippen molar-refractivity contribution in [2.24, 2.45) is 0 Å². The van der Waals surface area contributed by atoms with Crippen LogP contribution in [0.1, 0.15) is 18.5 Å². The molecule has 1 amide bonds. The Labute approximate surface area is 222 Å². The van der Waals surface area contributed by atoms with Gasteiger partial charge in [-0.15, -0.1) is 0 Å². The van der Waals surface area contributed by atoms with Gasteiger partial charge in [0.1, 0.15) is 16.4 Å². The number of aromatic nitrogens is 3. The number of hydrogen-bond acceptors (Lipinski definition) is 8. The third kappa shape index (κ3) is 5.50. The first-order valence-corrected chi connectivity index (χ1v) is 12.8. The summed E-state index contributed by atoms with van der Waals surface area (Å²) >= 11 is 12.5. The lowest BCUT2D eigenvalue weighted by atomic mass is 10.3. The first kappa shape index (κ1) is 27.5. The minimum absolute atomic E-state index is 0.0453. The van der Waals surface area contributed by atoms with Crippen LogP contribution in [-0.2, 0) is 14.8 Å². The highest BCUT2D eigenvalue weighted by atomic mass is 35.5. The molecule has 1 aromatic heterocycles. The topological polar surface area (TPSA) is 164 Å². The number of hydrogen-bond donors (Lipinski definition) is 3. The summed E-state index contributed by atoms with van der Waals surface area (Å²) in [5.41, 5.74) is -3.85. The molecule has 0 aliphatic carbocycles. The van der Waals surface area contributed by atoms with Crippen molar-refractivity contribution in [3.05, 3.63) is 66.9 Å². The second-order valence-electron chi connectivity index (χ2n) is 8.12. The molecule has 1 aliphatic heterocycles. The van der Waals surface area contributed by atoms with Gasteiger partial charge in [-0.05, 0) is 24.3 Å². The van der Waals surface area contributed by atoms with Crippen LogP contribution >= 0.6 is 23.2 Å². The average molecular weight is 592 g/mol. The SMILES string of the molecule is CN1C[C@@H](NS(=O)(=O)c2cc(Oc3c(Cl)cc(-n4nc(C(F)F)c(=O)[nH]c4=O)cc3Cl)ccc2O)CC1=O. The lowest BCUT2D eigenvalue weighted by Crippen LogP contribution is -2.36. The zero-order valence-corrected chi connectivity index (χ0v) is 21.4. The predicted molar refractivity (Wildman–Crippen MR) is 130 cm³/mol. The Morgan fingerprint density at radius 1 is 1.18 bits per heavy atom. The number of benzene rings is 2. The number of rotatable bonds is 7. The van der Waals surface area contributed by atoms with Crippen molar-refractivity contribution in [1.29, 1.82) is 0 Å². The number of alkyl halides is 2. The van der Waals surface area contributed by atoms with Gasteiger partial charge in [-0.25, -0.2) is 26.7 Å². The van der Waals surface area contributed by atoms with Crippen molar-refractivity contribution in [3.63, 3.8) is 0 Å². The van der Waals surface area contributed by atoms with E-state index < -0.39 is 50.1 Å². The maximum Gasteiger partial charge on any atom is 0.349 e. The van der Waals surface area contributed by atoms with Gasteiger partial charge in [0.05, 0.1) is 15.7 Å². The van der Waals surface area contributed by atoms with E-state index in [-0.39, 0.29) is 46.1 Å². The third-order valence-corrected chi connectivity index (χ3v) is 7.50. The van der Waals surface area contributed by atoms with Gasteiger partial charge in [0.25, 0.3) is 12.0 Å². The van der Waals surface area contributed by atoms with E-state index in [1.54, 1.807) is 4.98 Å². The molecule has 0 bridgehead atoms. The molecule has 12 nitrogen and oxygen atoms in total. The summed E-state index contributed by atoms with van der Waals surface area (Å²) in [4.78, 5) is 37.9. The number of sulfonamides is 1. The maximum absolute atomic E-state index is 13.1. The first-order valence-electron chi connectivity index (χ1n) is 10.5. The van der Waals surface area contributed by atoms with Gasteiger partial charge >= 0.3 is 5.69 Å². The summed E-state index contributed by atoms with van der Waals surface area (Å²) in [5.74, 6) is -1.14. The van der Waals surface area contributed by atoms with Crippen LogP contribution in [0.25, 0.3) is 5.69 Å². The molecule has 38 heavy (non-hydrogen) atoms. The Morgan fingerprint density at radius 2 is 1.84 bits per heavy atom. The van der Waals surface area contributed by atoms with E-state index in [1.165, 1.54) is 18.0 Å². The second-order valence-corrected chi connectivity index (χ2v) is 10.6. The molecule has 3 aromatic rings. The third-order valence-electron chi connectivity index (χ3n) is 5.39. The van der Waals surface area contributed by atoms with Crippen molar-refractivity contribution >= 4 is 39.1 Å². The highest BCUT2D eigenvalue weighted by molar-refractivity contribution is 7.89. The zero-order valence-electron chi connectivity index (χ0n) is 19.1. The van der Waals surface area contributed by atoms with E-state index in [4.69, 9.17) is 27.9 Å². The number of nitrogens with zero attached hydrogens (tertiary/aromatic N) is 3. The largest absolute Gasteiger partial charge is 0.507 e. The molecule has 0 saturated carbocycles. The number of phenols is 1. The van der Waals surface area contributed by atoms with E-state index in [0.29, 0.717) is 4.68 Å². The number of phenolic OH excluding ortho intramolecular Hbond substituents is 1. The Kier molecular flexibility index (Phi) is 7.47. The van der Waals surface area contributed by atoms with Crippen LogP contribution in [0.5, 0.6) is 17.2 Å². The summed E-state index contributed by atoms with van der Waals surface area (Å²) in [6.07, 6.45) is -3.31. The summed E-state index contributed by atoms with van der Waals surface area (Å²) in [6, 6.07) is 4.78. The quantitative estimate of drug-likeness (QED) is 0.376. The molecule has 1 atom stereocenters. The molecular formula is C21H17Cl2F2N5O7S. The zero-order chi connectivity index (χ0) is 27.9. The molecule has 17 heteroatoms. The van der Waals surface area contributed by atoms with Crippen molar-refractivity contribution in [3.8, 4) is 22.9 Å². The van der Waals surface area contributed by atoms with E-state index >= 15 is 0 Å². The van der Waals surface area contributed by atoms with Crippen molar-refractivity contribution in [1.82, 2.24) is 24.4 Å². The highest BCUT2D eigenvalue weighted by Crippen LogP contribution is 2.39. The fraction of sp³-hybridized carbons (Fsp3) is 0.238. The van der Waals surface area contributed by atoms with Gasteiger partial charge in [-0.1, -0.05) is 23.2 Å². The van der Waals surface area contributed by atoms with Crippen molar-refractivity contribution in [2.45, 2.75) is 23.8 Å². The Bertz CT molecular complexity index is 1640. The average Bonchev–Trinajstić information content (AvgIpc) is 3.12. The normalized spacial score (nSPS) is 15.9. The molecule has 0 unspecified atom stereocenters. The number of carbonyl (C=O) groups is 1. The van der Waals surface area contributed by atoms with Gasteiger partial charge in [0.2, 0.25) is 15.9 Å². The minimum Gasteiger partial charge on any atom is -0.507 e. The molecule has 2 heterocycles. The fourth-order valence-corrected chi connectivity index (χ4v) is 5.50. The van der Waals surface area contributed by atoms with Gasteiger partial charge in [0.15, 0.2) is 11.4 Å². The predicted octanol–water partition coefficient (Wildman–Crippen LogP) is 2.17. The number of likely N-dealkylation sites (tertiary alicyclic amines) is 1. The number of nitrogens with one attached hydrogen (secondary N) is 2. The van der Waals surface area contributed by atoms with Gasteiger partial charge in [-0.2, -0.15) is 9.78 Å². The van der Waals surface area contributed by atoms with Crippen LogP contribution in [0.2, 0.25) is 10.0 Å². The highest BCUT2D eigenvalue weighted by Gasteiger charge is 2.32. The number of aromatic amines is 1. The molecule has 3 N–H and O–H groups in total. The molecule has 4 rings (SSSR count). The molecule has 1 aliphatic rings. The maximum atomic E-state index is 13.1. The molecule has 2 aromatic carbocycles. The Balaban J connectivity index is 1.65. The summed E-state index contributed by atoms with van der Waals surface area (Å²) in [6.45, 7) is 0.151. The fourth-order valence-electron chi connectivity index (χ4n) is 3.61. The second kappa shape index (κ2) is 10.3. The summed E-state index contributed by atoms with van der Waals surface area (Å²) in [5, 5.41) is 13.1. The van der Waals surface area contributed by atoms with Crippen molar-refractivity contribution < 1.29 is 31.8 Å².